The smallest absolute Gasteiger partial charge is 0.340 e. The Balaban J connectivity index is 2.22. The van der Waals surface area contributed by atoms with Crippen LogP contribution in [0.3, 0.4) is 0 Å². The van der Waals surface area contributed by atoms with Crippen LogP contribution in [-0.2, 0) is 19.6 Å². The summed E-state index contributed by atoms with van der Waals surface area (Å²) in [4.78, 5) is 25.4. The summed E-state index contributed by atoms with van der Waals surface area (Å²) in [7, 11) is -4.77. The topological polar surface area (TPSA) is 107 Å². The lowest BCUT2D eigenvalue weighted by molar-refractivity contribution is 0.0446. The van der Waals surface area contributed by atoms with Gasteiger partial charge < -0.3 is 9.47 Å². The third kappa shape index (κ3) is 28.9. The Morgan fingerprint density at radius 1 is 0.482 bits per heavy atom. The van der Waals surface area contributed by atoms with E-state index in [-0.39, 0.29) is 18.8 Å². The maximum Gasteiger partial charge on any atom is 0.340 e. The highest BCUT2D eigenvalue weighted by molar-refractivity contribution is 7.86. The number of benzene rings is 1. The fourth-order valence-corrected chi connectivity index (χ4v) is 7.71. The lowest BCUT2D eigenvalue weighted by Gasteiger charge is -2.13. The number of allylic oxidation sites excluding steroid dienone is 4. The molecule has 1 aromatic rings. The normalized spacial score (nSPS) is 11.9. The predicted molar refractivity (Wildman–Crippen MR) is 234 cm³/mol. The zero-order valence-electron chi connectivity index (χ0n) is 35.9. The number of carbonyl (C=O) groups is 2. The first-order chi connectivity index (χ1) is 27.3. The molecule has 0 aliphatic carbocycles. The number of hydrogen-bond donors (Lipinski definition) is 1. The first kappa shape index (κ1) is 51.6. The Hall–Kier alpha value is -2.45. The predicted octanol–water partition coefficient (Wildman–Crippen LogP) is 14.9. The largest absolute Gasteiger partial charge is 0.462 e. The molecule has 0 radical (unpaired) electrons. The fraction of sp³-hybridized carbons (Fsp3) is 0.750. The molecule has 0 saturated heterocycles. The third-order valence-electron chi connectivity index (χ3n) is 10.5. The first-order valence-corrected chi connectivity index (χ1v) is 24.5. The summed E-state index contributed by atoms with van der Waals surface area (Å²) in [6.07, 6.45) is 47.7. The molecule has 0 unspecified atom stereocenters. The van der Waals surface area contributed by atoms with Crippen molar-refractivity contribution in [3.05, 3.63) is 53.6 Å². The van der Waals surface area contributed by atoms with Crippen molar-refractivity contribution in [1.29, 1.82) is 0 Å². The quantitative estimate of drug-likeness (QED) is 0.0306. The van der Waals surface area contributed by atoms with Crippen LogP contribution in [0, 0.1) is 0 Å². The van der Waals surface area contributed by atoms with Crippen LogP contribution in [0.15, 0.2) is 47.4 Å². The molecule has 0 saturated carbocycles. The molecule has 0 aliphatic heterocycles. The molecule has 56 heavy (non-hydrogen) atoms. The highest BCUT2D eigenvalue weighted by Crippen LogP contribution is 2.23. The van der Waals surface area contributed by atoms with Gasteiger partial charge in [0, 0.05) is 0 Å². The fourth-order valence-electron chi connectivity index (χ4n) is 7.01. The monoisotopic (exact) mass is 803 g/mol. The van der Waals surface area contributed by atoms with Crippen molar-refractivity contribution in [2.45, 2.75) is 224 Å². The molecule has 0 spiro atoms. The van der Waals surface area contributed by atoms with Crippen LogP contribution in [0.1, 0.15) is 240 Å². The van der Waals surface area contributed by atoms with Gasteiger partial charge in [-0.3, -0.25) is 4.55 Å². The minimum Gasteiger partial charge on any atom is -0.462 e. The van der Waals surface area contributed by atoms with Crippen LogP contribution in [0.2, 0.25) is 0 Å². The molecule has 8 heteroatoms. The van der Waals surface area contributed by atoms with Gasteiger partial charge in [-0.05, 0) is 76.3 Å². The van der Waals surface area contributed by atoms with E-state index in [4.69, 9.17) is 9.47 Å². The van der Waals surface area contributed by atoms with Crippen molar-refractivity contribution < 1.29 is 32.0 Å². The molecule has 0 heterocycles. The average molecular weight is 803 g/mol. The number of ether oxygens (including phenoxy) is 2. The Morgan fingerprint density at radius 3 is 1.16 bits per heavy atom. The number of esters is 2. The summed E-state index contributed by atoms with van der Waals surface area (Å²) in [5.74, 6) is -1.75. The van der Waals surface area contributed by atoms with Gasteiger partial charge in [0.2, 0.25) is 0 Å². The van der Waals surface area contributed by atoms with E-state index in [0.717, 1.165) is 57.4 Å². The van der Waals surface area contributed by atoms with Crippen LogP contribution in [0.5, 0.6) is 0 Å². The van der Waals surface area contributed by atoms with E-state index in [1.54, 1.807) is 0 Å². The zero-order chi connectivity index (χ0) is 40.8. The summed E-state index contributed by atoms with van der Waals surface area (Å²) < 4.78 is 44.9. The summed E-state index contributed by atoms with van der Waals surface area (Å²) in [6, 6.07) is 3.75. The maximum absolute atomic E-state index is 13.1. The Morgan fingerprint density at radius 2 is 0.804 bits per heavy atom. The van der Waals surface area contributed by atoms with Crippen molar-refractivity contribution in [3.63, 3.8) is 0 Å². The molecule has 0 aromatic heterocycles. The van der Waals surface area contributed by atoms with Crippen molar-refractivity contribution in [1.82, 2.24) is 0 Å². The molecular formula is C48H82O7S. The minimum atomic E-state index is -4.77. The zero-order valence-corrected chi connectivity index (χ0v) is 36.7. The van der Waals surface area contributed by atoms with E-state index in [9.17, 15) is 22.6 Å². The number of rotatable bonds is 39. The average Bonchev–Trinajstić information content (AvgIpc) is 3.18. The highest BCUT2D eigenvalue weighted by Gasteiger charge is 2.28. The summed E-state index contributed by atoms with van der Waals surface area (Å²) in [5, 5.41) is 0. The molecule has 0 aliphatic rings. The molecule has 0 bridgehead atoms. The molecule has 7 nitrogen and oxygen atoms in total. The van der Waals surface area contributed by atoms with E-state index in [2.05, 4.69) is 38.2 Å². The van der Waals surface area contributed by atoms with Gasteiger partial charge >= 0.3 is 11.9 Å². The van der Waals surface area contributed by atoms with Crippen LogP contribution in [0.4, 0.5) is 0 Å². The van der Waals surface area contributed by atoms with Gasteiger partial charge in [0.1, 0.15) is 4.90 Å². The molecule has 322 valence electrons. The Kier molecular flexibility index (Phi) is 33.9. The van der Waals surface area contributed by atoms with Crippen LogP contribution < -0.4 is 0 Å². The Bertz CT molecular complexity index is 1270. The first-order valence-electron chi connectivity index (χ1n) is 23.1. The SMILES string of the molecule is CCCCCCCCC/C=C/CCCCCCCCCOC(=O)c1cccc(S(=O)(=O)O)c1C(=O)OCCCCCCCCC/C=C/CCCCCCCCC. The number of carbonyl (C=O) groups excluding carboxylic acids is 2. The second-order valence-electron chi connectivity index (χ2n) is 15.7. The van der Waals surface area contributed by atoms with Gasteiger partial charge in [0.05, 0.1) is 24.3 Å². The maximum atomic E-state index is 13.1. The molecule has 1 aromatic carbocycles. The number of unbranched alkanes of at least 4 members (excludes halogenated alkanes) is 28. The second-order valence-corrected chi connectivity index (χ2v) is 17.1. The Labute approximate surface area is 344 Å². The van der Waals surface area contributed by atoms with E-state index in [1.165, 1.54) is 153 Å². The highest BCUT2D eigenvalue weighted by atomic mass is 32.2. The van der Waals surface area contributed by atoms with Gasteiger partial charge in [0.15, 0.2) is 0 Å². The standard InChI is InChI=1S/C48H82O7S/c1-3-5-7-9-11-13-15-17-19-21-23-25-27-29-31-33-35-37-42-54-47(49)44-40-39-41-45(56(51,52)53)46(44)48(50)55-43-38-36-34-32-30-28-26-24-22-20-18-16-14-12-10-8-6-4-2/h19-22,39-41H,3-18,23-38,42-43H2,1-2H3,(H,51,52,53)/b21-19+,22-20+. The minimum absolute atomic E-state index is 0.104. The van der Waals surface area contributed by atoms with Gasteiger partial charge in [-0.1, -0.05) is 185 Å². The molecular weight excluding hydrogens is 721 g/mol. The summed E-state index contributed by atoms with van der Waals surface area (Å²) in [6.45, 7) is 4.79. The number of hydrogen-bond acceptors (Lipinski definition) is 6. The van der Waals surface area contributed by atoms with Crippen molar-refractivity contribution in [3.8, 4) is 0 Å². The lowest BCUT2D eigenvalue weighted by atomic mass is 10.1. The summed E-state index contributed by atoms with van der Waals surface area (Å²) in [5.41, 5.74) is -0.682. The van der Waals surface area contributed by atoms with E-state index < -0.39 is 32.5 Å². The molecule has 0 amide bonds. The second kappa shape index (κ2) is 36.9. The van der Waals surface area contributed by atoms with E-state index in [1.807, 2.05) is 0 Å². The van der Waals surface area contributed by atoms with Gasteiger partial charge in [0.25, 0.3) is 10.1 Å². The lowest BCUT2D eigenvalue weighted by Crippen LogP contribution is -2.19. The molecule has 1 N–H and O–H groups in total. The van der Waals surface area contributed by atoms with Crippen LogP contribution in [0.25, 0.3) is 0 Å². The summed E-state index contributed by atoms with van der Waals surface area (Å²) >= 11 is 0. The molecule has 1 rings (SSSR count). The van der Waals surface area contributed by atoms with Gasteiger partial charge in [-0.15, -0.1) is 0 Å². The van der Waals surface area contributed by atoms with E-state index >= 15 is 0 Å². The molecule has 0 atom stereocenters. The third-order valence-corrected chi connectivity index (χ3v) is 11.4. The van der Waals surface area contributed by atoms with Crippen LogP contribution in [-0.4, -0.2) is 38.1 Å². The van der Waals surface area contributed by atoms with Crippen molar-refractivity contribution in [2.24, 2.45) is 0 Å². The van der Waals surface area contributed by atoms with Crippen molar-refractivity contribution in [2.75, 3.05) is 13.2 Å². The van der Waals surface area contributed by atoms with E-state index in [0.29, 0.717) is 12.8 Å². The van der Waals surface area contributed by atoms with Gasteiger partial charge in [-0.25, -0.2) is 9.59 Å². The molecule has 0 fully saturated rings. The van der Waals surface area contributed by atoms with Crippen LogP contribution >= 0.6 is 0 Å². The van der Waals surface area contributed by atoms with Gasteiger partial charge in [-0.2, -0.15) is 8.42 Å². The van der Waals surface area contributed by atoms with Crippen molar-refractivity contribution >= 4 is 22.1 Å².